The molecule has 0 saturated heterocycles. The van der Waals surface area contributed by atoms with E-state index >= 15 is 0 Å². The van der Waals surface area contributed by atoms with E-state index in [0.29, 0.717) is 5.82 Å². The lowest BCUT2D eigenvalue weighted by Crippen LogP contribution is -2.17. The SMILES string of the molecule is Cn1nncc1C(N)c1ncc[nH]1. The van der Waals surface area contributed by atoms with Crippen LogP contribution in [0.3, 0.4) is 0 Å². The molecule has 0 radical (unpaired) electrons. The van der Waals surface area contributed by atoms with Gasteiger partial charge in [-0.05, 0) is 0 Å². The number of aromatic nitrogens is 5. The Hall–Kier alpha value is -1.69. The number of aryl methyl sites for hydroxylation is 1. The van der Waals surface area contributed by atoms with Crippen molar-refractivity contribution in [3.63, 3.8) is 0 Å². The molecule has 2 heterocycles. The second-order valence-electron chi connectivity index (χ2n) is 2.73. The van der Waals surface area contributed by atoms with E-state index in [1.54, 1.807) is 30.3 Å². The van der Waals surface area contributed by atoms with E-state index in [4.69, 9.17) is 5.73 Å². The minimum absolute atomic E-state index is 0.296. The van der Waals surface area contributed by atoms with Gasteiger partial charge in [0, 0.05) is 19.4 Å². The number of hydrogen-bond acceptors (Lipinski definition) is 4. The third kappa shape index (κ3) is 1.31. The van der Waals surface area contributed by atoms with E-state index in [1.165, 1.54) is 0 Å². The molecule has 13 heavy (non-hydrogen) atoms. The Morgan fingerprint density at radius 1 is 1.62 bits per heavy atom. The summed E-state index contributed by atoms with van der Waals surface area (Å²) in [5, 5.41) is 7.54. The molecule has 0 aromatic carbocycles. The average molecular weight is 178 g/mol. The Morgan fingerprint density at radius 3 is 3.00 bits per heavy atom. The molecular weight excluding hydrogens is 168 g/mol. The molecule has 6 nitrogen and oxygen atoms in total. The minimum Gasteiger partial charge on any atom is -0.347 e. The van der Waals surface area contributed by atoms with Crippen LogP contribution in [-0.4, -0.2) is 25.0 Å². The molecule has 0 aliphatic rings. The molecule has 2 rings (SSSR count). The van der Waals surface area contributed by atoms with E-state index in [9.17, 15) is 0 Å². The maximum absolute atomic E-state index is 5.91. The lowest BCUT2D eigenvalue weighted by atomic mass is 10.2. The number of aromatic amines is 1. The zero-order valence-corrected chi connectivity index (χ0v) is 7.18. The molecule has 2 aromatic rings. The molecule has 0 aliphatic heterocycles. The van der Waals surface area contributed by atoms with Gasteiger partial charge in [-0.25, -0.2) is 4.98 Å². The maximum Gasteiger partial charge on any atom is 0.129 e. The molecule has 0 spiro atoms. The molecule has 1 atom stereocenters. The zero-order valence-electron chi connectivity index (χ0n) is 7.18. The van der Waals surface area contributed by atoms with Crippen LogP contribution in [0, 0.1) is 0 Å². The maximum atomic E-state index is 5.91. The van der Waals surface area contributed by atoms with Gasteiger partial charge in [0.2, 0.25) is 0 Å². The number of nitrogens with zero attached hydrogens (tertiary/aromatic N) is 4. The largest absolute Gasteiger partial charge is 0.347 e. The number of imidazole rings is 1. The molecule has 3 N–H and O–H groups in total. The fraction of sp³-hybridized carbons (Fsp3) is 0.286. The highest BCUT2D eigenvalue weighted by atomic mass is 15.4. The summed E-state index contributed by atoms with van der Waals surface area (Å²) in [6.45, 7) is 0. The molecule has 1 unspecified atom stereocenters. The second kappa shape index (κ2) is 2.98. The van der Waals surface area contributed by atoms with E-state index < -0.39 is 0 Å². The van der Waals surface area contributed by atoms with Gasteiger partial charge in [-0.1, -0.05) is 5.21 Å². The van der Waals surface area contributed by atoms with E-state index in [0.717, 1.165) is 5.69 Å². The van der Waals surface area contributed by atoms with Gasteiger partial charge < -0.3 is 10.7 Å². The molecule has 68 valence electrons. The summed E-state index contributed by atoms with van der Waals surface area (Å²) in [4.78, 5) is 7.01. The van der Waals surface area contributed by atoms with Gasteiger partial charge in [0.1, 0.15) is 11.9 Å². The van der Waals surface area contributed by atoms with Gasteiger partial charge >= 0.3 is 0 Å². The van der Waals surface area contributed by atoms with Crippen LogP contribution in [-0.2, 0) is 7.05 Å². The van der Waals surface area contributed by atoms with Gasteiger partial charge in [-0.3, -0.25) is 4.68 Å². The lowest BCUT2D eigenvalue weighted by Gasteiger charge is -2.07. The van der Waals surface area contributed by atoms with Crippen LogP contribution in [0.2, 0.25) is 0 Å². The van der Waals surface area contributed by atoms with Gasteiger partial charge in [0.05, 0.1) is 11.9 Å². The smallest absolute Gasteiger partial charge is 0.129 e. The Labute approximate surface area is 74.8 Å². The van der Waals surface area contributed by atoms with Crippen molar-refractivity contribution in [1.29, 1.82) is 0 Å². The van der Waals surface area contributed by atoms with Crippen molar-refractivity contribution in [3.8, 4) is 0 Å². The summed E-state index contributed by atoms with van der Waals surface area (Å²) in [6, 6.07) is -0.296. The number of nitrogens with two attached hydrogens (primary N) is 1. The van der Waals surface area contributed by atoms with Crippen molar-refractivity contribution in [1.82, 2.24) is 25.0 Å². The van der Waals surface area contributed by atoms with E-state index in [2.05, 4.69) is 20.3 Å². The normalized spacial score (nSPS) is 13.1. The molecule has 0 aliphatic carbocycles. The molecule has 0 bridgehead atoms. The Kier molecular flexibility index (Phi) is 1.82. The lowest BCUT2D eigenvalue weighted by molar-refractivity contribution is 0.638. The fourth-order valence-corrected chi connectivity index (χ4v) is 1.17. The minimum atomic E-state index is -0.296. The quantitative estimate of drug-likeness (QED) is 0.654. The third-order valence-electron chi connectivity index (χ3n) is 1.88. The van der Waals surface area contributed by atoms with Crippen LogP contribution in [0.5, 0.6) is 0 Å². The average Bonchev–Trinajstić information content (AvgIpc) is 2.72. The van der Waals surface area contributed by atoms with Crippen molar-refractivity contribution in [3.05, 3.63) is 30.1 Å². The zero-order chi connectivity index (χ0) is 9.26. The van der Waals surface area contributed by atoms with Crippen molar-refractivity contribution in [2.45, 2.75) is 6.04 Å². The number of nitrogens with one attached hydrogen (secondary N) is 1. The Morgan fingerprint density at radius 2 is 2.46 bits per heavy atom. The topological polar surface area (TPSA) is 85.4 Å². The van der Waals surface area contributed by atoms with Crippen LogP contribution in [0.1, 0.15) is 17.6 Å². The first-order valence-electron chi connectivity index (χ1n) is 3.88. The van der Waals surface area contributed by atoms with Gasteiger partial charge in [0.25, 0.3) is 0 Å². The van der Waals surface area contributed by atoms with Crippen molar-refractivity contribution >= 4 is 0 Å². The summed E-state index contributed by atoms with van der Waals surface area (Å²) in [7, 11) is 1.80. The van der Waals surface area contributed by atoms with Crippen molar-refractivity contribution < 1.29 is 0 Å². The van der Waals surface area contributed by atoms with E-state index in [1.807, 2.05) is 0 Å². The predicted molar refractivity (Wildman–Crippen MR) is 45.6 cm³/mol. The molecular formula is C7H10N6. The van der Waals surface area contributed by atoms with Crippen LogP contribution in [0.4, 0.5) is 0 Å². The predicted octanol–water partition coefficient (Wildman–Crippen LogP) is -0.414. The highest BCUT2D eigenvalue weighted by Gasteiger charge is 2.14. The van der Waals surface area contributed by atoms with Crippen molar-refractivity contribution in [2.75, 3.05) is 0 Å². The van der Waals surface area contributed by atoms with E-state index in [-0.39, 0.29) is 6.04 Å². The summed E-state index contributed by atoms with van der Waals surface area (Å²) in [6.07, 6.45) is 5.03. The standard InChI is InChI=1S/C7H10N6/c1-13-5(4-11-12-13)6(8)7-9-2-3-10-7/h2-4,6H,8H2,1H3,(H,9,10). The monoisotopic (exact) mass is 178 g/mol. The third-order valence-corrected chi connectivity index (χ3v) is 1.88. The van der Waals surface area contributed by atoms with Gasteiger partial charge in [0.15, 0.2) is 0 Å². The summed E-state index contributed by atoms with van der Waals surface area (Å²) < 4.78 is 1.63. The fourth-order valence-electron chi connectivity index (χ4n) is 1.17. The highest BCUT2D eigenvalue weighted by molar-refractivity contribution is 5.12. The summed E-state index contributed by atoms with van der Waals surface area (Å²) in [5.74, 6) is 0.713. The first-order valence-corrected chi connectivity index (χ1v) is 3.88. The molecule has 2 aromatic heterocycles. The highest BCUT2D eigenvalue weighted by Crippen LogP contribution is 2.12. The number of rotatable bonds is 2. The van der Waals surface area contributed by atoms with Gasteiger partial charge in [-0.15, -0.1) is 5.10 Å². The molecule has 6 heteroatoms. The van der Waals surface area contributed by atoms with Crippen molar-refractivity contribution in [2.24, 2.45) is 12.8 Å². The molecule has 0 fully saturated rings. The number of hydrogen-bond donors (Lipinski definition) is 2. The van der Waals surface area contributed by atoms with Crippen LogP contribution < -0.4 is 5.73 Å². The van der Waals surface area contributed by atoms with Crippen LogP contribution in [0.25, 0.3) is 0 Å². The summed E-state index contributed by atoms with van der Waals surface area (Å²) in [5.41, 5.74) is 6.74. The molecule has 0 saturated carbocycles. The number of H-pyrrole nitrogens is 1. The Bertz CT molecular complexity index is 375. The Balaban J connectivity index is 2.33. The molecule has 0 amide bonds. The first-order chi connectivity index (χ1) is 6.29. The van der Waals surface area contributed by atoms with Gasteiger partial charge in [-0.2, -0.15) is 0 Å². The van der Waals surface area contributed by atoms with Crippen LogP contribution >= 0.6 is 0 Å². The van der Waals surface area contributed by atoms with Crippen LogP contribution in [0.15, 0.2) is 18.6 Å². The first kappa shape index (κ1) is 7.93. The summed E-state index contributed by atoms with van der Waals surface area (Å²) >= 11 is 0. The second-order valence-corrected chi connectivity index (χ2v) is 2.73.